The van der Waals surface area contributed by atoms with E-state index in [9.17, 15) is 4.79 Å². The maximum absolute atomic E-state index is 12.5. The van der Waals surface area contributed by atoms with Gasteiger partial charge in [0.25, 0.3) is 0 Å². The molecule has 1 N–H and O–H groups in total. The second kappa shape index (κ2) is 8.03. The fourth-order valence-corrected chi connectivity index (χ4v) is 4.20. The number of methoxy groups -OCH3 is 2. The molecule has 0 atom stereocenters. The first-order valence-electron chi connectivity index (χ1n) is 10.00. The van der Waals surface area contributed by atoms with E-state index >= 15 is 0 Å². The Morgan fingerprint density at radius 2 is 1.97 bits per heavy atom. The van der Waals surface area contributed by atoms with Gasteiger partial charge < -0.3 is 19.2 Å². The summed E-state index contributed by atoms with van der Waals surface area (Å²) < 4.78 is 16.4. The van der Waals surface area contributed by atoms with E-state index in [4.69, 9.17) is 13.9 Å². The maximum Gasteiger partial charge on any atom is 0.230 e. The molecule has 0 aliphatic heterocycles. The van der Waals surface area contributed by atoms with E-state index in [1.165, 1.54) is 11.3 Å². The van der Waals surface area contributed by atoms with Gasteiger partial charge in [0.05, 0.1) is 26.3 Å². The van der Waals surface area contributed by atoms with Gasteiger partial charge in [0.2, 0.25) is 5.91 Å². The minimum absolute atomic E-state index is 0.130. The number of rotatable bonds is 7. The second-order valence-corrected chi connectivity index (χ2v) is 8.31. The van der Waals surface area contributed by atoms with E-state index in [0.29, 0.717) is 28.8 Å². The van der Waals surface area contributed by atoms with Gasteiger partial charge in [-0.15, -0.1) is 11.3 Å². The summed E-state index contributed by atoms with van der Waals surface area (Å²) in [6, 6.07) is 11.2. The molecule has 8 heteroatoms. The number of carbonyl (C=O) groups is 1. The van der Waals surface area contributed by atoms with Crippen LogP contribution in [0.5, 0.6) is 11.5 Å². The number of nitrogens with one attached hydrogen (secondary N) is 1. The van der Waals surface area contributed by atoms with Crippen LogP contribution < -0.4 is 14.8 Å². The zero-order chi connectivity index (χ0) is 21.4. The van der Waals surface area contributed by atoms with Gasteiger partial charge in [-0.05, 0) is 49.2 Å². The Kier molecular flexibility index (Phi) is 5.07. The molecule has 7 nitrogen and oxygen atoms in total. The van der Waals surface area contributed by atoms with Crippen LogP contribution in [-0.2, 0) is 11.2 Å². The lowest BCUT2D eigenvalue weighted by Crippen LogP contribution is -2.14. The summed E-state index contributed by atoms with van der Waals surface area (Å²) in [6.45, 7) is 0. The van der Waals surface area contributed by atoms with Crippen molar-refractivity contribution >= 4 is 34.0 Å². The van der Waals surface area contributed by atoms with Crippen LogP contribution in [-0.4, -0.2) is 30.1 Å². The van der Waals surface area contributed by atoms with Gasteiger partial charge in [-0.3, -0.25) is 4.79 Å². The zero-order valence-electron chi connectivity index (χ0n) is 17.2. The lowest BCUT2D eigenvalue weighted by atomic mass is 10.2. The molecule has 0 spiro atoms. The molecular formula is C23H21N3O4S. The molecule has 0 unspecified atom stereocenters. The summed E-state index contributed by atoms with van der Waals surface area (Å²) >= 11 is 1.49. The Morgan fingerprint density at radius 3 is 2.74 bits per heavy atom. The van der Waals surface area contributed by atoms with Crippen molar-refractivity contribution in [2.75, 3.05) is 19.5 Å². The van der Waals surface area contributed by atoms with Crippen LogP contribution in [0.1, 0.15) is 30.3 Å². The molecule has 1 aliphatic rings. The van der Waals surface area contributed by atoms with Gasteiger partial charge in [0, 0.05) is 22.5 Å². The number of oxazole rings is 1. The zero-order valence-corrected chi connectivity index (χ0v) is 18.0. The Balaban J connectivity index is 1.27. The summed E-state index contributed by atoms with van der Waals surface area (Å²) in [7, 11) is 3.20. The van der Waals surface area contributed by atoms with Crippen molar-refractivity contribution in [3.8, 4) is 22.1 Å². The van der Waals surface area contributed by atoms with Crippen LogP contribution in [0.4, 0.5) is 5.69 Å². The number of hydrogen-bond acceptors (Lipinski definition) is 7. The predicted octanol–water partition coefficient (Wildman–Crippen LogP) is 5.03. The highest BCUT2D eigenvalue weighted by Gasteiger charge is 2.28. The molecule has 2 aromatic heterocycles. The first-order valence-corrected chi connectivity index (χ1v) is 10.9. The van der Waals surface area contributed by atoms with Crippen molar-refractivity contribution in [1.29, 1.82) is 0 Å². The minimum atomic E-state index is -0.130. The molecular weight excluding hydrogens is 414 g/mol. The molecule has 158 valence electrons. The van der Waals surface area contributed by atoms with Crippen molar-refractivity contribution in [2.45, 2.75) is 25.2 Å². The fraction of sp³-hybridized carbons (Fsp3) is 0.261. The Hall–Kier alpha value is -3.39. The number of thiazole rings is 1. The first kappa shape index (κ1) is 19.6. The average Bonchev–Trinajstić information content (AvgIpc) is 3.38. The van der Waals surface area contributed by atoms with Gasteiger partial charge in [-0.25, -0.2) is 9.97 Å². The highest BCUT2D eigenvalue weighted by Crippen LogP contribution is 2.40. The molecule has 2 aromatic carbocycles. The molecule has 1 amide bonds. The first-order chi connectivity index (χ1) is 15.1. The molecule has 0 radical (unpaired) electrons. The Labute approximate surface area is 183 Å². The number of benzene rings is 2. The third-order valence-corrected chi connectivity index (χ3v) is 6.08. The molecule has 4 aromatic rings. The normalized spacial score (nSPS) is 13.4. The van der Waals surface area contributed by atoms with E-state index in [2.05, 4.69) is 15.3 Å². The van der Waals surface area contributed by atoms with Crippen LogP contribution in [0.25, 0.3) is 21.7 Å². The van der Waals surface area contributed by atoms with Gasteiger partial charge in [0.1, 0.15) is 10.5 Å². The largest absolute Gasteiger partial charge is 0.493 e. The number of fused-ring (bicyclic) bond motifs is 1. The van der Waals surface area contributed by atoms with Crippen LogP contribution in [0, 0.1) is 0 Å². The number of aromatic nitrogens is 2. The van der Waals surface area contributed by atoms with E-state index in [0.717, 1.165) is 40.4 Å². The minimum Gasteiger partial charge on any atom is -0.493 e. The number of carbonyl (C=O) groups excluding carboxylic acids is 1. The summed E-state index contributed by atoms with van der Waals surface area (Å²) in [5.74, 6) is 2.42. The van der Waals surface area contributed by atoms with Crippen LogP contribution >= 0.6 is 11.3 Å². The molecule has 5 rings (SSSR count). The molecule has 1 saturated carbocycles. The maximum atomic E-state index is 12.5. The Bertz CT molecular complexity index is 1260. The van der Waals surface area contributed by atoms with Crippen LogP contribution in [0.2, 0.25) is 0 Å². The number of ether oxygens (including phenoxy) is 2. The van der Waals surface area contributed by atoms with Gasteiger partial charge in [-0.1, -0.05) is 0 Å². The molecule has 1 fully saturated rings. The third kappa shape index (κ3) is 4.11. The quantitative estimate of drug-likeness (QED) is 0.438. The van der Waals surface area contributed by atoms with Crippen molar-refractivity contribution in [2.24, 2.45) is 0 Å². The van der Waals surface area contributed by atoms with Crippen molar-refractivity contribution in [1.82, 2.24) is 9.97 Å². The van der Waals surface area contributed by atoms with Gasteiger partial charge in [-0.2, -0.15) is 0 Å². The number of hydrogen-bond donors (Lipinski definition) is 1. The molecule has 31 heavy (non-hydrogen) atoms. The summed E-state index contributed by atoms with van der Waals surface area (Å²) in [6.07, 6.45) is 2.46. The molecule has 2 heterocycles. The Morgan fingerprint density at radius 1 is 1.13 bits per heavy atom. The number of nitrogens with zero attached hydrogens (tertiary/aromatic N) is 2. The topological polar surface area (TPSA) is 86.5 Å². The fourth-order valence-electron chi connectivity index (χ4n) is 3.39. The standard InChI is InChI=1S/C23H21N3O4S/c1-28-19-7-5-14(9-20(19)29-2)23-25-16(12-31-23)11-21(27)24-15-6-8-18-17(10-15)26-22(30-18)13-3-4-13/h5-10,12-13H,3-4,11H2,1-2H3,(H,24,27). The van der Waals surface area contributed by atoms with Crippen LogP contribution in [0.3, 0.4) is 0 Å². The SMILES string of the molecule is COc1ccc(-c2nc(CC(=O)Nc3ccc4oc(C5CC5)nc4c3)cs2)cc1OC. The van der Waals surface area contributed by atoms with Crippen molar-refractivity contribution < 1.29 is 18.7 Å². The highest BCUT2D eigenvalue weighted by molar-refractivity contribution is 7.13. The lowest BCUT2D eigenvalue weighted by Gasteiger charge is -2.08. The predicted molar refractivity (Wildman–Crippen MR) is 119 cm³/mol. The lowest BCUT2D eigenvalue weighted by molar-refractivity contribution is -0.115. The van der Waals surface area contributed by atoms with Crippen molar-refractivity contribution in [3.05, 3.63) is 53.4 Å². The monoisotopic (exact) mass is 435 g/mol. The van der Waals surface area contributed by atoms with Crippen LogP contribution in [0.15, 0.2) is 46.2 Å². The number of anilines is 1. The molecule has 1 aliphatic carbocycles. The highest BCUT2D eigenvalue weighted by atomic mass is 32.1. The van der Waals surface area contributed by atoms with E-state index in [-0.39, 0.29) is 12.3 Å². The van der Waals surface area contributed by atoms with E-state index < -0.39 is 0 Å². The number of amides is 1. The summed E-state index contributed by atoms with van der Waals surface area (Å²) in [5.41, 5.74) is 3.84. The summed E-state index contributed by atoms with van der Waals surface area (Å²) in [5, 5.41) is 5.64. The average molecular weight is 436 g/mol. The van der Waals surface area contributed by atoms with Gasteiger partial charge in [0.15, 0.2) is 23.0 Å². The molecule has 0 bridgehead atoms. The van der Waals surface area contributed by atoms with E-state index in [1.54, 1.807) is 14.2 Å². The summed E-state index contributed by atoms with van der Waals surface area (Å²) in [4.78, 5) is 21.7. The smallest absolute Gasteiger partial charge is 0.230 e. The van der Waals surface area contributed by atoms with Crippen molar-refractivity contribution in [3.63, 3.8) is 0 Å². The van der Waals surface area contributed by atoms with Gasteiger partial charge >= 0.3 is 0 Å². The second-order valence-electron chi connectivity index (χ2n) is 7.45. The molecule has 0 saturated heterocycles. The van der Waals surface area contributed by atoms with E-state index in [1.807, 2.05) is 41.8 Å². The third-order valence-electron chi connectivity index (χ3n) is 5.14.